The van der Waals surface area contributed by atoms with Gasteiger partial charge in [0.05, 0.1) is 4.47 Å². The fraction of sp³-hybridized carbons (Fsp3) is 0. The Labute approximate surface area is 161 Å². The van der Waals surface area contributed by atoms with Crippen molar-refractivity contribution in [3.8, 4) is 0 Å². The van der Waals surface area contributed by atoms with E-state index < -0.39 is 11.5 Å². The number of rotatable bonds is 2. The Morgan fingerprint density at radius 2 is 1.78 bits per heavy atom. The van der Waals surface area contributed by atoms with Crippen molar-refractivity contribution < 1.29 is 9.21 Å². The molecule has 0 aliphatic rings. The van der Waals surface area contributed by atoms with Crippen LogP contribution in [0.25, 0.3) is 11.0 Å². The van der Waals surface area contributed by atoms with E-state index in [1.807, 2.05) is 12.1 Å². The van der Waals surface area contributed by atoms with Crippen LogP contribution < -0.4 is 10.9 Å². The van der Waals surface area contributed by atoms with Crippen LogP contribution in [0.4, 0.5) is 5.69 Å². The van der Waals surface area contributed by atoms with E-state index in [1.165, 1.54) is 6.07 Å². The van der Waals surface area contributed by atoms with Gasteiger partial charge < -0.3 is 9.73 Å². The summed E-state index contributed by atoms with van der Waals surface area (Å²) in [6, 6.07) is 12.4. The van der Waals surface area contributed by atoms with E-state index >= 15 is 0 Å². The molecule has 0 unspecified atom stereocenters. The average Bonchev–Trinajstić information content (AvgIpc) is 2.50. The zero-order chi connectivity index (χ0) is 16.6. The Morgan fingerprint density at radius 3 is 2.48 bits per heavy atom. The first-order valence-electron chi connectivity index (χ1n) is 6.44. The average molecular weight is 549 g/mol. The van der Waals surface area contributed by atoms with Gasteiger partial charge in [-0.1, -0.05) is 15.9 Å². The SMILES string of the molecule is O=C(Nc1ccc(I)cc1)c1cc2cc(Br)cc(Br)c2oc1=O. The molecule has 1 N–H and O–H groups in total. The normalized spacial score (nSPS) is 10.7. The molecule has 2 aromatic carbocycles. The highest BCUT2D eigenvalue weighted by Crippen LogP contribution is 2.28. The number of hydrogen-bond acceptors (Lipinski definition) is 3. The van der Waals surface area contributed by atoms with Gasteiger partial charge >= 0.3 is 5.63 Å². The highest BCUT2D eigenvalue weighted by atomic mass is 127. The van der Waals surface area contributed by atoms with Crippen molar-refractivity contribution in [1.82, 2.24) is 0 Å². The number of carbonyl (C=O) groups excluding carboxylic acids is 1. The summed E-state index contributed by atoms with van der Waals surface area (Å²) >= 11 is 8.89. The van der Waals surface area contributed by atoms with Gasteiger partial charge in [-0.25, -0.2) is 4.79 Å². The van der Waals surface area contributed by atoms with Crippen LogP contribution in [0.3, 0.4) is 0 Å². The van der Waals surface area contributed by atoms with Gasteiger partial charge in [0, 0.05) is 19.1 Å². The van der Waals surface area contributed by atoms with Crippen LogP contribution in [0.2, 0.25) is 0 Å². The predicted octanol–water partition coefficient (Wildman–Crippen LogP) is 5.17. The summed E-state index contributed by atoms with van der Waals surface area (Å²) in [6.45, 7) is 0. The Morgan fingerprint density at radius 1 is 1.09 bits per heavy atom. The van der Waals surface area contributed by atoms with Crippen LogP contribution in [0, 0.1) is 3.57 Å². The largest absolute Gasteiger partial charge is 0.421 e. The van der Waals surface area contributed by atoms with Crippen LogP contribution in [0.15, 0.2) is 60.6 Å². The lowest BCUT2D eigenvalue weighted by Gasteiger charge is -2.06. The lowest BCUT2D eigenvalue weighted by atomic mass is 10.1. The maximum Gasteiger partial charge on any atom is 0.349 e. The second-order valence-corrected chi connectivity index (χ2v) is 7.73. The smallest absolute Gasteiger partial charge is 0.349 e. The van der Waals surface area contributed by atoms with Crippen molar-refractivity contribution >= 4 is 77.0 Å². The molecule has 116 valence electrons. The van der Waals surface area contributed by atoms with E-state index in [0.29, 0.717) is 21.1 Å². The molecule has 0 radical (unpaired) electrons. The van der Waals surface area contributed by atoms with Crippen molar-refractivity contribution in [3.63, 3.8) is 0 Å². The molecular formula is C16H8Br2INO3. The van der Waals surface area contributed by atoms with Crippen molar-refractivity contribution in [2.75, 3.05) is 5.32 Å². The minimum absolute atomic E-state index is 0.0407. The van der Waals surface area contributed by atoms with Crippen molar-refractivity contribution in [1.29, 1.82) is 0 Å². The number of amides is 1. The molecule has 7 heteroatoms. The molecule has 0 saturated carbocycles. The summed E-state index contributed by atoms with van der Waals surface area (Å²) in [5, 5.41) is 3.35. The molecule has 0 bridgehead atoms. The summed E-state index contributed by atoms with van der Waals surface area (Å²) in [5.74, 6) is -0.502. The van der Waals surface area contributed by atoms with Crippen molar-refractivity contribution in [3.05, 3.63) is 71.0 Å². The van der Waals surface area contributed by atoms with Gasteiger partial charge in [0.25, 0.3) is 5.91 Å². The molecule has 1 heterocycles. The van der Waals surface area contributed by atoms with Gasteiger partial charge in [0.1, 0.15) is 5.56 Å². The molecule has 0 saturated heterocycles. The summed E-state index contributed by atoms with van der Waals surface area (Å²) in [5.41, 5.74) is 0.305. The molecule has 0 spiro atoms. The molecule has 1 amide bonds. The van der Waals surface area contributed by atoms with E-state index in [4.69, 9.17) is 4.42 Å². The first-order valence-corrected chi connectivity index (χ1v) is 9.10. The third-order valence-corrected chi connectivity index (χ3v) is 4.86. The third-order valence-electron chi connectivity index (χ3n) is 3.10. The lowest BCUT2D eigenvalue weighted by Crippen LogP contribution is -2.20. The number of fused-ring (bicyclic) bond motifs is 1. The summed E-state index contributed by atoms with van der Waals surface area (Å²) in [6.07, 6.45) is 0. The molecule has 0 atom stereocenters. The second-order valence-electron chi connectivity index (χ2n) is 4.71. The van der Waals surface area contributed by atoms with Crippen LogP contribution in [0.5, 0.6) is 0 Å². The van der Waals surface area contributed by atoms with Gasteiger partial charge in [-0.05, 0) is 81.0 Å². The van der Waals surface area contributed by atoms with Gasteiger partial charge in [0.15, 0.2) is 5.58 Å². The Hall–Kier alpha value is -1.19. The number of carbonyl (C=O) groups is 1. The van der Waals surface area contributed by atoms with Gasteiger partial charge in [-0.15, -0.1) is 0 Å². The standard InChI is InChI=1S/C16H8Br2INO3/c17-9-5-8-6-12(16(22)23-14(8)13(18)7-9)15(21)20-11-3-1-10(19)2-4-11/h1-7H,(H,20,21). The monoisotopic (exact) mass is 547 g/mol. The van der Waals surface area contributed by atoms with E-state index in [1.54, 1.807) is 24.3 Å². The minimum Gasteiger partial charge on any atom is -0.421 e. The molecule has 0 aliphatic carbocycles. The minimum atomic E-state index is -0.677. The summed E-state index contributed by atoms with van der Waals surface area (Å²) in [7, 11) is 0. The first kappa shape index (κ1) is 16.7. The molecule has 3 rings (SSSR count). The topological polar surface area (TPSA) is 59.3 Å². The highest BCUT2D eigenvalue weighted by molar-refractivity contribution is 14.1. The van der Waals surface area contributed by atoms with E-state index in [2.05, 4.69) is 59.8 Å². The maximum absolute atomic E-state index is 12.3. The van der Waals surface area contributed by atoms with Crippen molar-refractivity contribution in [2.24, 2.45) is 0 Å². The first-order chi connectivity index (χ1) is 10.9. The number of nitrogens with one attached hydrogen (secondary N) is 1. The van der Waals surface area contributed by atoms with Crippen LogP contribution >= 0.6 is 54.5 Å². The van der Waals surface area contributed by atoms with Gasteiger partial charge in [-0.2, -0.15) is 0 Å². The molecule has 23 heavy (non-hydrogen) atoms. The van der Waals surface area contributed by atoms with Crippen LogP contribution in [-0.2, 0) is 0 Å². The molecular weight excluding hydrogens is 541 g/mol. The van der Waals surface area contributed by atoms with Gasteiger partial charge in [-0.3, -0.25) is 4.79 Å². The summed E-state index contributed by atoms with van der Waals surface area (Å²) in [4.78, 5) is 24.4. The number of halogens is 3. The highest BCUT2D eigenvalue weighted by Gasteiger charge is 2.15. The molecule has 0 fully saturated rings. The maximum atomic E-state index is 12.3. The Balaban J connectivity index is 2.01. The second kappa shape index (κ2) is 6.74. The van der Waals surface area contributed by atoms with E-state index in [0.717, 1.165) is 8.04 Å². The van der Waals surface area contributed by atoms with Gasteiger partial charge in [0.2, 0.25) is 0 Å². The fourth-order valence-electron chi connectivity index (χ4n) is 2.05. The molecule has 4 nitrogen and oxygen atoms in total. The molecule has 3 aromatic rings. The van der Waals surface area contributed by atoms with Crippen LogP contribution in [-0.4, -0.2) is 5.91 Å². The van der Waals surface area contributed by atoms with E-state index in [-0.39, 0.29) is 5.56 Å². The summed E-state index contributed by atoms with van der Waals surface area (Å²) < 4.78 is 7.78. The zero-order valence-electron chi connectivity index (χ0n) is 11.4. The third kappa shape index (κ3) is 3.67. The zero-order valence-corrected chi connectivity index (χ0v) is 16.7. The quantitative estimate of drug-likeness (QED) is 0.355. The van der Waals surface area contributed by atoms with E-state index in [9.17, 15) is 9.59 Å². The number of benzene rings is 2. The molecule has 0 aliphatic heterocycles. The Kier molecular flexibility index (Phi) is 4.88. The molecule has 1 aromatic heterocycles. The van der Waals surface area contributed by atoms with Crippen LogP contribution in [0.1, 0.15) is 10.4 Å². The number of anilines is 1. The fourth-order valence-corrected chi connectivity index (χ4v) is 3.75. The Bertz CT molecular complexity index is 967. The predicted molar refractivity (Wildman–Crippen MR) is 105 cm³/mol. The lowest BCUT2D eigenvalue weighted by molar-refractivity contribution is 0.102. The number of hydrogen-bond donors (Lipinski definition) is 1. The van der Waals surface area contributed by atoms with Crippen molar-refractivity contribution in [2.45, 2.75) is 0 Å².